The summed E-state index contributed by atoms with van der Waals surface area (Å²) in [6.45, 7) is 5.51. The Kier molecular flexibility index (Phi) is 4.58. The largest absolute Gasteiger partial charge is 0.492 e. The third-order valence-electron chi connectivity index (χ3n) is 3.15. The predicted molar refractivity (Wildman–Crippen MR) is 76.1 cm³/mol. The summed E-state index contributed by atoms with van der Waals surface area (Å²) in [5.74, 6) is 0.904. The van der Waals surface area contributed by atoms with Crippen molar-refractivity contribution in [1.82, 2.24) is 9.55 Å². The Hall–Kier alpha value is -1.81. The number of benzene rings is 1. The maximum atomic E-state index is 6.04. The molecule has 0 spiro atoms. The molecule has 0 aliphatic carbocycles. The molecule has 0 amide bonds. The van der Waals surface area contributed by atoms with E-state index in [4.69, 9.17) is 10.5 Å². The third-order valence-corrected chi connectivity index (χ3v) is 3.15. The Balaban J connectivity index is 1.91. The predicted octanol–water partition coefficient (Wildman–Crippen LogP) is 2.68. The average Bonchev–Trinajstić information content (AvgIpc) is 2.86. The van der Waals surface area contributed by atoms with Gasteiger partial charge in [-0.3, -0.25) is 0 Å². The molecule has 1 heterocycles. The summed E-state index contributed by atoms with van der Waals surface area (Å²) in [5, 5.41) is 0. The van der Waals surface area contributed by atoms with Gasteiger partial charge in [0, 0.05) is 12.2 Å². The van der Waals surface area contributed by atoms with Crippen molar-refractivity contribution in [1.29, 1.82) is 0 Å². The lowest BCUT2D eigenvalue weighted by Gasteiger charge is -2.13. The van der Waals surface area contributed by atoms with Crippen LogP contribution in [0.3, 0.4) is 0 Å². The fourth-order valence-corrected chi connectivity index (χ4v) is 2.00. The topological polar surface area (TPSA) is 53.1 Å². The second-order valence-corrected chi connectivity index (χ2v) is 4.69. The fourth-order valence-electron chi connectivity index (χ4n) is 2.00. The van der Waals surface area contributed by atoms with Gasteiger partial charge in [0.1, 0.15) is 12.4 Å². The number of aryl methyl sites for hydroxylation is 1. The quantitative estimate of drug-likeness (QED) is 0.867. The first-order valence-corrected chi connectivity index (χ1v) is 6.65. The van der Waals surface area contributed by atoms with Crippen LogP contribution in [0.2, 0.25) is 0 Å². The summed E-state index contributed by atoms with van der Waals surface area (Å²) >= 11 is 0. The first-order valence-electron chi connectivity index (χ1n) is 6.65. The molecule has 0 aliphatic rings. The minimum absolute atomic E-state index is 0.0430. The zero-order valence-electron chi connectivity index (χ0n) is 11.5. The number of nitrogens with two attached hydrogens (primary N) is 1. The van der Waals surface area contributed by atoms with Gasteiger partial charge < -0.3 is 15.0 Å². The van der Waals surface area contributed by atoms with Crippen LogP contribution in [0.1, 0.15) is 30.6 Å². The van der Waals surface area contributed by atoms with Gasteiger partial charge in [-0.05, 0) is 31.0 Å². The number of hydrogen-bond donors (Lipinski definition) is 1. The van der Waals surface area contributed by atoms with Crippen LogP contribution in [0.4, 0.5) is 0 Å². The molecule has 0 saturated heterocycles. The van der Waals surface area contributed by atoms with E-state index >= 15 is 0 Å². The lowest BCUT2D eigenvalue weighted by atomic mass is 10.2. The van der Waals surface area contributed by atoms with Crippen LogP contribution >= 0.6 is 0 Å². The van der Waals surface area contributed by atoms with E-state index in [0.29, 0.717) is 6.61 Å². The van der Waals surface area contributed by atoms with Crippen molar-refractivity contribution in [2.24, 2.45) is 5.73 Å². The Labute approximate surface area is 114 Å². The van der Waals surface area contributed by atoms with Crippen molar-refractivity contribution >= 4 is 0 Å². The Morgan fingerprint density at radius 2 is 2.26 bits per heavy atom. The molecule has 0 fully saturated rings. The summed E-state index contributed by atoms with van der Waals surface area (Å²) in [5.41, 5.74) is 8.31. The van der Waals surface area contributed by atoms with Crippen LogP contribution in [0, 0.1) is 6.92 Å². The molecule has 4 heteroatoms. The molecule has 1 atom stereocenters. The summed E-state index contributed by atoms with van der Waals surface area (Å²) < 4.78 is 7.80. The molecule has 2 N–H and O–H groups in total. The Morgan fingerprint density at radius 1 is 1.42 bits per heavy atom. The molecule has 2 aromatic rings. The van der Waals surface area contributed by atoms with Crippen LogP contribution in [0.15, 0.2) is 36.8 Å². The van der Waals surface area contributed by atoms with Gasteiger partial charge in [-0.15, -0.1) is 0 Å². The summed E-state index contributed by atoms with van der Waals surface area (Å²) in [6, 6.07) is 8.11. The highest BCUT2D eigenvalue weighted by Crippen LogP contribution is 2.14. The maximum Gasteiger partial charge on any atom is 0.119 e. The monoisotopic (exact) mass is 259 g/mol. The summed E-state index contributed by atoms with van der Waals surface area (Å²) in [6.07, 6.45) is 4.55. The molecule has 1 aromatic carbocycles. The lowest BCUT2D eigenvalue weighted by Crippen LogP contribution is -2.17. The number of imidazole rings is 1. The van der Waals surface area contributed by atoms with Crippen LogP contribution in [-0.4, -0.2) is 16.2 Å². The molecule has 2 rings (SSSR count). The van der Waals surface area contributed by atoms with Crippen LogP contribution in [0.5, 0.6) is 5.75 Å². The van der Waals surface area contributed by atoms with Crippen LogP contribution < -0.4 is 10.5 Å². The second-order valence-electron chi connectivity index (χ2n) is 4.69. The SMILES string of the molecule is CC[C@@H](N)c1cncn1CCOc1cccc(C)c1. The highest BCUT2D eigenvalue weighted by Gasteiger charge is 2.09. The van der Waals surface area contributed by atoms with Crippen molar-refractivity contribution < 1.29 is 4.74 Å². The van der Waals surface area contributed by atoms with Crippen molar-refractivity contribution in [2.45, 2.75) is 32.9 Å². The van der Waals surface area contributed by atoms with Gasteiger partial charge in [-0.25, -0.2) is 4.98 Å². The van der Waals surface area contributed by atoms with E-state index in [1.54, 1.807) is 0 Å². The number of hydrogen-bond acceptors (Lipinski definition) is 3. The van der Waals surface area contributed by atoms with Gasteiger partial charge in [-0.1, -0.05) is 19.1 Å². The normalized spacial score (nSPS) is 12.4. The van der Waals surface area contributed by atoms with Gasteiger partial charge in [0.05, 0.1) is 18.6 Å². The van der Waals surface area contributed by atoms with E-state index in [1.807, 2.05) is 30.7 Å². The standard InChI is InChI=1S/C15H21N3O/c1-3-14(16)15-10-17-11-18(15)7-8-19-13-6-4-5-12(2)9-13/h4-6,9-11,14H,3,7-8,16H2,1-2H3/t14-/m1/s1. The molecule has 4 nitrogen and oxygen atoms in total. The van der Waals surface area contributed by atoms with E-state index in [-0.39, 0.29) is 6.04 Å². The van der Waals surface area contributed by atoms with Gasteiger partial charge in [0.2, 0.25) is 0 Å². The van der Waals surface area contributed by atoms with E-state index in [0.717, 1.165) is 24.4 Å². The molecule has 0 saturated carbocycles. The van der Waals surface area contributed by atoms with Crippen molar-refractivity contribution in [3.8, 4) is 5.75 Å². The first-order chi connectivity index (χ1) is 9.20. The average molecular weight is 259 g/mol. The maximum absolute atomic E-state index is 6.04. The zero-order chi connectivity index (χ0) is 13.7. The smallest absolute Gasteiger partial charge is 0.119 e. The Morgan fingerprint density at radius 3 is 3.00 bits per heavy atom. The summed E-state index contributed by atoms with van der Waals surface area (Å²) in [7, 11) is 0. The number of rotatable bonds is 6. The van der Waals surface area contributed by atoms with Crippen molar-refractivity contribution in [2.75, 3.05) is 6.61 Å². The number of ether oxygens (including phenoxy) is 1. The second kappa shape index (κ2) is 6.38. The van der Waals surface area contributed by atoms with Crippen LogP contribution in [-0.2, 0) is 6.54 Å². The molecule has 0 unspecified atom stereocenters. The van der Waals surface area contributed by atoms with E-state index < -0.39 is 0 Å². The molecule has 102 valence electrons. The minimum Gasteiger partial charge on any atom is -0.492 e. The molecule has 1 aromatic heterocycles. The minimum atomic E-state index is 0.0430. The zero-order valence-corrected chi connectivity index (χ0v) is 11.5. The van der Waals surface area contributed by atoms with Crippen LogP contribution in [0.25, 0.3) is 0 Å². The molecule has 0 aliphatic heterocycles. The molecular formula is C15H21N3O. The first kappa shape index (κ1) is 13.6. The third kappa shape index (κ3) is 3.58. The molecule has 0 radical (unpaired) electrons. The summed E-state index contributed by atoms with van der Waals surface area (Å²) in [4.78, 5) is 4.16. The van der Waals surface area contributed by atoms with Gasteiger partial charge in [-0.2, -0.15) is 0 Å². The van der Waals surface area contributed by atoms with Crippen molar-refractivity contribution in [3.63, 3.8) is 0 Å². The molecule has 0 bridgehead atoms. The lowest BCUT2D eigenvalue weighted by molar-refractivity contribution is 0.295. The number of nitrogens with zero attached hydrogens (tertiary/aromatic N) is 2. The fraction of sp³-hybridized carbons (Fsp3) is 0.400. The molecule has 19 heavy (non-hydrogen) atoms. The van der Waals surface area contributed by atoms with Crippen molar-refractivity contribution in [3.05, 3.63) is 48.0 Å². The highest BCUT2D eigenvalue weighted by molar-refractivity contribution is 5.27. The van der Waals surface area contributed by atoms with E-state index in [2.05, 4.69) is 29.5 Å². The van der Waals surface area contributed by atoms with Gasteiger partial charge in [0.15, 0.2) is 0 Å². The Bertz CT molecular complexity index is 522. The highest BCUT2D eigenvalue weighted by atomic mass is 16.5. The number of aromatic nitrogens is 2. The van der Waals surface area contributed by atoms with E-state index in [1.165, 1.54) is 5.56 Å². The van der Waals surface area contributed by atoms with Gasteiger partial charge >= 0.3 is 0 Å². The van der Waals surface area contributed by atoms with E-state index in [9.17, 15) is 0 Å². The van der Waals surface area contributed by atoms with Gasteiger partial charge in [0.25, 0.3) is 0 Å². The molecular weight excluding hydrogens is 238 g/mol.